The molecule has 0 radical (unpaired) electrons. The zero-order valence-corrected chi connectivity index (χ0v) is 10.9. The lowest BCUT2D eigenvalue weighted by Crippen LogP contribution is -2.30. The van der Waals surface area contributed by atoms with Crippen LogP contribution in [-0.2, 0) is 11.3 Å². The molecule has 4 heteroatoms. The monoisotopic (exact) mass is 262 g/mol. The Labute approximate surface area is 111 Å². The van der Waals surface area contributed by atoms with E-state index >= 15 is 0 Å². The molecule has 94 valence electrons. The molecule has 0 saturated carbocycles. The molecule has 1 amide bonds. The molecule has 0 atom stereocenters. The van der Waals surface area contributed by atoms with E-state index in [1.807, 2.05) is 39.9 Å². The fourth-order valence-electron chi connectivity index (χ4n) is 2.51. The lowest BCUT2D eigenvalue weighted by Gasteiger charge is -2.16. The number of rotatable bonds is 2. The lowest BCUT2D eigenvalue weighted by atomic mass is 10.2. The molecule has 0 bridgehead atoms. The highest BCUT2D eigenvalue weighted by Crippen LogP contribution is 2.21. The fraction of sp³-hybridized carbons (Fsp3) is 0.357. The number of hydrogen-bond donors (Lipinski definition) is 0. The summed E-state index contributed by atoms with van der Waals surface area (Å²) in [5.74, 6) is 0.199. The summed E-state index contributed by atoms with van der Waals surface area (Å²) in [6.45, 7) is 2.21. The summed E-state index contributed by atoms with van der Waals surface area (Å²) in [5.41, 5.74) is 1.02. The Kier molecular flexibility index (Phi) is 3.00. The second-order valence-corrected chi connectivity index (χ2v) is 5.17. The molecule has 18 heavy (non-hydrogen) atoms. The van der Waals surface area contributed by atoms with Crippen molar-refractivity contribution in [3.8, 4) is 0 Å². The van der Waals surface area contributed by atoms with Crippen molar-refractivity contribution in [2.45, 2.75) is 19.4 Å². The Bertz CT molecular complexity index is 584. The van der Waals surface area contributed by atoms with E-state index in [1.165, 1.54) is 0 Å². The maximum Gasteiger partial charge on any atom is 0.242 e. The molecule has 1 saturated heterocycles. The Morgan fingerprint density at radius 2 is 2.00 bits per heavy atom. The highest BCUT2D eigenvalue weighted by molar-refractivity contribution is 6.31. The average molecular weight is 263 g/mol. The van der Waals surface area contributed by atoms with Crippen molar-refractivity contribution in [2.24, 2.45) is 0 Å². The Morgan fingerprint density at radius 1 is 1.22 bits per heavy atom. The molecule has 1 aromatic carbocycles. The van der Waals surface area contributed by atoms with Crippen LogP contribution in [0.3, 0.4) is 0 Å². The molecular formula is C14H15ClN2O. The van der Waals surface area contributed by atoms with Crippen LogP contribution in [0.15, 0.2) is 30.5 Å². The van der Waals surface area contributed by atoms with Crippen LogP contribution in [0.2, 0.25) is 5.02 Å². The molecule has 1 aliphatic heterocycles. The van der Waals surface area contributed by atoms with Gasteiger partial charge in [0.2, 0.25) is 5.91 Å². The maximum absolute atomic E-state index is 12.1. The van der Waals surface area contributed by atoms with Crippen LogP contribution in [0.25, 0.3) is 10.9 Å². The van der Waals surface area contributed by atoms with E-state index in [4.69, 9.17) is 11.6 Å². The number of hydrogen-bond acceptors (Lipinski definition) is 1. The second kappa shape index (κ2) is 4.65. The number of benzene rings is 1. The third kappa shape index (κ3) is 2.10. The Morgan fingerprint density at radius 3 is 2.78 bits per heavy atom. The largest absolute Gasteiger partial charge is 0.341 e. The first-order valence-electron chi connectivity index (χ1n) is 6.26. The van der Waals surface area contributed by atoms with Gasteiger partial charge in [-0.15, -0.1) is 0 Å². The van der Waals surface area contributed by atoms with Gasteiger partial charge in [-0.05, 0) is 36.4 Å². The van der Waals surface area contributed by atoms with Crippen molar-refractivity contribution in [3.63, 3.8) is 0 Å². The van der Waals surface area contributed by atoms with E-state index in [9.17, 15) is 4.79 Å². The number of likely N-dealkylation sites (tertiary alicyclic amines) is 1. The summed E-state index contributed by atoms with van der Waals surface area (Å²) < 4.78 is 1.97. The van der Waals surface area contributed by atoms with Crippen LogP contribution in [0.4, 0.5) is 0 Å². The number of fused-ring (bicyclic) bond motifs is 1. The first kappa shape index (κ1) is 11.6. The molecule has 0 unspecified atom stereocenters. The summed E-state index contributed by atoms with van der Waals surface area (Å²) >= 11 is 6.00. The minimum Gasteiger partial charge on any atom is -0.341 e. The summed E-state index contributed by atoms with van der Waals surface area (Å²) in [4.78, 5) is 14.1. The Balaban J connectivity index is 1.85. The van der Waals surface area contributed by atoms with Gasteiger partial charge in [0, 0.05) is 29.8 Å². The highest BCUT2D eigenvalue weighted by atomic mass is 35.5. The van der Waals surface area contributed by atoms with Gasteiger partial charge in [-0.25, -0.2) is 0 Å². The van der Waals surface area contributed by atoms with Crippen molar-refractivity contribution in [2.75, 3.05) is 13.1 Å². The van der Waals surface area contributed by atoms with Crippen molar-refractivity contribution < 1.29 is 4.79 Å². The van der Waals surface area contributed by atoms with Crippen LogP contribution in [0.1, 0.15) is 12.8 Å². The number of nitrogens with zero attached hydrogens (tertiary/aromatic N) is 2. The van der Waals surface area contributed by atoms with E-state index in [0.29, 0.717) is 11.6 Å². The predicted molar refractivity (Wildman–Crippen MR) is 72.8 cm³/mol. The van der Waals surface area contributed by atoms with Crippen molar-refractivity contribution >= 4 is 28.4 Å². The van der Waals surface area contributed by atoms with Crippen molar-refractivity contribution in [3.05, 3.63) is 35.5 Å². The number of amides is 1. The zero-order valence-electron chi connectivity index (χ0n) is 10.1. The average Bonchev–Trinajstić information content (AvgIpc) is 2.99. The quantitative estimate of drug-likeness (QED) is 0.817. The van der Waals surface area contributed by atoms with E-state index in [1.54, 1.807) is 0 Å². The van der Waals surface area contributed by atoms with Crippen LogP contribution in [-0.4, -0.2) is 28.5 Å². The van der Waals surface area contributed by atoms with Gasteiger partial charge in [-0.1, -0.05) is 17.7 Å². The van der Waals surface area contributed by atoms with Gasteiger partial charge in [-0.2, -0.15) is 0 Å². The first-order chi connectivity index (χ1) is 8.74. The van der Waals surface area contributed by atoms with Crippen molar-refractivity contribution in [1.82, 2.24) is 9.47 Å². The van der Waals surface area contributed by atoms with E-state index in [2.05, 4.69) is 0 Å². The topological polar surface area (TPSA) is 25.2 Å². The van der Waals surface area contributed by atoms with Crippen molar-refractivity contribution in [1.29, 1.82) is 0 Å². The van der Waals surface area contributed by atoms with Gasteiger partial charge in [0.25, 0.3) is 0 Å². The lowest BCUT2D eigenvalue weighted by molar-refractivity contribution is -0.130. The highest BCUT2D eigenvalue weighted by Gasteiger charge is 2.18. The molecule has 3 nitrogen and oxygen atoms in total. The van der Waals surface area contributed by atoms with E-state index in [-0.39, 0.29) is 5.91 Å². The number of aromatic nitrogens is 1. The molecule has 0 spiro atoms. The summed E-state index contributed by atoms with van der Waals surface area (Å²) in [7, 11) is 0. The molecule has 1 aliphatic rings. The minimum absolute atomic E-state index is 0.199. The van der Waals surface area contributed by atoms with Gasteiger partial charge in [-0.3, -0.25) is 4.79 Å². The molecular weight excluding hydrogens is 248 g/mol. The van der Waals surface area contributed by atoms with Gasteiger partial charge in [0.05, 0.1) is 0 Å². The van der Waals surface area contributed by atoms with Crippen LogP contribution in [0, 0.1) is 0 Å². The Hall–Kier alpha value is -1.48. The number of carbonyl (C=O) groups is 1. The molecule has 3 rings (SSSR count). The van der Waals surface area contributed by atoms with Crippen LogP contribution < -0.4 is 0 Å². The fourth-order valence-corrected chi connectivity index (χ4v) is 2.67. The number of carbonyl (C=O) groups excluding carboxylic acids is 1. The van der Waals surface area contributed by atoms with Gasteiger partial charge in [0.1, 0.15) is 6.54 Å². The third-order valence-electron chi connectivity index (χ3n) is 3.50. The molecule has 0 aliphatic carbocycles. The smallest absolute Gasteiger partial charge is 0.242 e. The molecule has 0 N–H and O–H groups in total. The maximum atomic E-state index is 12.1. The first-order valence-corrected chi connectivity index (χ1v) is 6.64. The van der Waals surface area contributed by atoms with E-state index in [0.717, 1.165) is 36.8 Å². The second-order valence-electron chi connectivity index (χ2n) is 4.73. The molecule has 2 heterocycles. The molecule has 1 fully saturated rings. The van der Waals surface area contributed by atoms with Gasteiger partial charge < -0.3 is 9.47 Å². The molecule has 2 aromatic rings. The standard InChI is InChI=1S/C14H15ClN2O/c15-12-4-3-11-5-8-17(13(11)9-12)10-14(18)16-6-1-2-7-16/h3-5,8-9H,1-2,6-7,10H2. The SMILES string of the molecule is O=C(Cn1ccc2ccc(Cl)cc21)N1CCCC1. The molecule has 1 aromatic heterocycles. The van der Waals surface area contributed by atoms with Crippen LogP contribution in [0.5, 0.6) is 0 Å². The summed E-state index contributed by atoms with van der Waals surface area (Å²) in [6, 6.07) is 7.78. The van der Waals surface area contributed by atoms with E-state index < -0.39 is 0 Å². The normalized spacial score (nSPS) is 15.5. The summed E-state index contributed by atoms with van der Waals surface area (Å²) in [6.07, 6.45) is 4.21. The minimum atomic E-state index is 0.199. The predicted octanol–water partition coefficient (Wildman–Crippen LogP) is 2.92. The summed E-state index contributed by atoms with van der Waals surface area (Å²) in [5, 5.41) is 1.82. The number of halogens is 1. The van der Waals surface area contributed by atoms with Crippen LogP contribution >= 0.6 is 11.6 Å². The van der Waals surface area contributed by atoms with Gasteiger partial charge >= 0.3 is 0 Å². The zero-order chi connectivity index (χ0) is 12.5. The third-order valence-corrected chi connectivity index (χ3v) is 3.74. The van der Waals surface area contributed by atoms with Gasteiger partial charge in [0.15, 0.2) is 0 Å².